The van der Waals surface area contributed by atoms with Crippen LogP contribution >= 0.6 is 0 Å². The molecule has 2 N–H and O–H groups in total. The van der Waals surface area contributed by atoms with Crippen LogP contribution in [-0.4, -0.2) is 65.7 Å². The zero-order chi connectivity index (χ0) is 14.9. The largest absolute Gasteiger partial charge is 0.368 e. The lowest BCUT2D eigenvalue weighted by Gasteiger charge is -2.48. The summed E-state index contributed by atoms with van der Waals surface area (Å²) in [4.78, 5) is 5.14. The van der Waals surface area contributed by atoms with Crippen LogP contribution in [0.3, 0.4) is 0 Å². The van der Waals surface area contributed by atoms with Gasteiger partial charge in [0.05, 0.1) is 4.90 Å². The molecule has 116 valence electrons. The van der Waals surface area contributed by atoms with Gasteiger partial charge in [-0.1, -0.05) is 0 Å². The molecule has 1 aromatic carbocycles. The Balaban J connectivity index is 1.59. The number of sulfonamides is 1. The summed E-state index contributed by atoms with van der Waals surface area (Å²) in [5, 5.41) is 3.37. The molecular weight excluding hydrogens is 288 g/mol. The van der Waals surface area contributed by atoms with Crippen molar-refractivity contribution in [1.82, 2.24) is 14.9 Å². The van der Waals surface area contributed by atoms with Gasteiger partial charge in [-0.2, -0.15) is 0 Å². The van der Waals surface area contributed by atoms with Gasteiger partial charge < -0.3 is 10.2 Å². The lowest BCUT2D eigenvalue weighted by molar-refractivity contribution is 0.147. The fourth-order valence-corrected chi connectivity index (χ4v) is 3.63. The van der Waals surface area contributed by atoms with Crippen molar-refractivity contribution in [3.05, 3.63) is 24.3 Å². The molecule has 2 heterocycles. The molecule has 2 aliphatic rings. The van der Waals surface area contributed by atoms with Crippen molar-refractivity contribution in [3.63, 3.8) is 0 Å². The molecule has 0 unspecified atom stereocenters. The first-order chi connectivity index (χ1) is 10.1. The van der Waals surface area contributed by atoms with Gasteiger partial charge in [0.25, 0.3) is 0 Å². The monoisotopic (exact) mass is 310 g/mol. The molecule has 0 atom stereocenters. The number of rotatable bonds is 4. The molecule has 3 rings (SSSR count). The smallest absolute Gasteiger partial charge is 0.240 e. The first-order valence-electron chi connectivity index (χ1n) is 7.33. The van der Waals surface area contributed by atoms with E-state index in [9.17, 15) is 8.42 Å². The maximum atomic E-state index is 11.7. The Morgan fingerprint density at radius 3 is 2.33 bits per heavy atom. The third-order valence-corrected chi connectivity index (χ3v) is 5.74. The number of nitrogens with one attached hydrogen (secondary N) is 2. The predicted molar refractivity (Wildman–Crippen MR) is 83.1 cm³/mol. The lowest BCUT2D eigenvalue weighted by atomic mass is 10.0. The van der Waals surface area contributed by atoms with Gasteiger partial charge >= 0.3 is 0 Å². The highest BCUT2D eigenvalue weighted by Crippen LogP contribution is 2.25. The standard InChI is InChI=1S/C14H22N4O2S/c1-15-21(19,20)14-4-2-12(3-5-14)18-10-13(11-18)17-8-6-16-7-9-17/h2-5,13,15-16H,6-11H2,1H3. The molecule has 0 amide bonds. The Labute approximate surface area is 126 Å². The maximum Gasteiger partial charge on any atom is 0.240 e. The van der Waals surface area contributed by atoms with Gasteiger partial charge in [0.1, 0.15) is 0 Å². The molecule has 2 aliphatic heterocycles. The van der Waals surface area contributed by atoms with Crippen LogP contribution in [0.25, 0.3) is 0 Å². The molecule has 2 fully saturated rings. The van der Waals surface area contributed by atoms with Crippen molar-refractivity contribution in [3.8, 4) is 0 Å². The highest BCUT2D eigenvalue weighted by atomic mass is 32.2. The summed E-state index contributed by atoms with van der Waals surface area (Å²) in [5.41, 5.74) is 1.09. The molecule has 0 radical (unpaired) electrons. The molecule has 0 aliphatic carbocycles. The number of hydrogen-bond donors (Lipinski definition) is 2. The number of anilines is 1. The van der Waals surface area contributed by atoms with E-state index in [0.717, 1.165) is 45.0 Å². The van der Waals surface area contributed by atoms with E-state index in [1.165, 1.54) is 7.05 Å². The van der Waals surface area contributed by atoms with Crippen LogP contribution in [0.15, 0.2) is 29.2 Å². The van der Waals surface area contributed by atoms with E-state index in [4.69, 9.17) is 0 Å². The van der Waals surface area contributed by atoms with Gasteiger partial charge in [-0.25, -0.2) is 13.1 Å². The van der Waals surface area contributed by atoms with E-state index < -0.39 is 10.0 Å². The highest BCUT2D eigenvalue weighted by molar-refractivity contribution is 7.89. The van der Waals surface area contributed by atoms with Crippen molar-refractivity contribution in [1.29, 1.82) is 0 Å². The van der Waals surface area contributed by atoms with Crippen LogP contribution in [0.5, 0.6) is 0 Å². The Morgan fingerprint density at radius 1 is 1.14 bits per heavy atom. The summed E-state index contributed by atoms with van der Waals surface area (Å²) in [6.45, 7) is 6.45. The zero-order valence-electron chi connectivity index (χ0n) is 12.2. The van der Waals surface area contributed by atoms with Crippen molar-refractivity contribution in [2.75, 3.05) is 51.2 Å². The summed E-state index contributed by atoms with van der Waals surface area (Å²) in [7, 11) is -1.91. The van der Waals surface area contributed by atoms with E-state index in [1.807, 2.05) is 12.1 Å². The van der Waals surface area contributed by atoms with Crippen molar-refractivity contribution in [2.45, 2.75) is 10.9 Å². The van der Waals surface area contributed by atoms with Crippen molar-refractivity contribution >= 4 is 15.7 Å². The van der Waals surface area contributed by atoms with E-state index in [0.29, 0.717) is 10.9 Å². The van der Waals surface area contributed by atoms with Crippen LogP contribution < -0.4 is 14.9 Å². The van der Waals surface area contributed by atoms with Crippen LogP contribution in [0.2, 0.25) is 0 Å². The summed E-state index contributed by atoms with van der Waals surface area (Å²) in [6, 6.07) is 7.74. The van der Waals surface area contributed by atoms with E-state index >= 15 is 0 Å². The molecule has 21 heavy (non-hydrogen) atoms. The fraction of sp³-hybridized carbons (Fsp3) is 0.571. The average Bonchev–Trinajstić information content (AvgIpc) is 2.47. The molecule has 0 saturated carbocycles. The summed E-state index contributed by atoms with van der Waals surface area (Å²) < 4.78 is 25.7. The normalized spacial score (nSPS) is 21.3. The van der Waals surface area contributed by atoms with Crippen molar-refractivity contribution in [2.24, 2.45) is 0 Å². The van der Waals surface area contributed by atoms with Gasteiger partial charge in [-0.3, -0.25) is 4.90 Å². The minimum atomic E-state index is -3.34. The summed E-state index contributed by atoms with van der Waals surface area (Å²) in [5.74, 6) is 0. The maximum absolute atomic E-state index is 11.7. The van der Waals surface area contributed by atoms with E-state index in [2.05, 4.69) is 19.8 Å². The highest BCUT2D eigenvalue weighted by Gasteiger charge is 2.32. The number of hydrogen-bond acceptors (Lipinski definition) is 5. The quantitative estimate of drug-likeness (QED) is 0.799. The Morgan fingerprint density at radius 2 is 1.76 bits per heavy atom. The van der Waals surface area contributed by atoms with Gasteiger partial charge in [-0.15, -0.1) is 0 Å². The molecule has 6 nitrogen and oxygen atoms in total. The van der Waals surface area contributed by atoms with Crippen molar-refractivity contribution < 1.29 is 8.42 Å². The van der Waals surface area contributed by atoms with E-state index in [-0.39, 0.29) is 0 Å². The second kappa shape index (κ2) is 5.92. The molecule has 2 saturated heterocycles. The Bertz CT molecular complexity index is 575. The topological polar surface area (TPSA) is 64.7 Å². The van der Waals surface area contributed by atoms with E-state index in [1.54, 1.807) is 12.1 Å². The van der Waals surface area contributed by atoms with Gasteiger partial charge in [0.15, 0.2) is 0 Å². The minimum Gasteiger partial charge on any atom is -0.368 e. The summed E-state index contributed by atoms with van der Waals surface area (Å²) in [6.07, 6.45) is 0. The molecule has 0 spiro atoms. The molecule has 1 aromatic rings. The molecule has 0 aromatic heterocycles. The van der Waals surface area contributed by atoms with Crippen LogP contribution in [0.1, 0.15) is 0 Å². The fourth-order valence-electron chi connectivity index (χ4n) is 2.90. The first kappa shape index (κ1) is 14.8. The SMILES string of the molecule is CNS(=O)(=O)c1ccc(N2CC(N3CCNCC3)C2)cc1. The van der Waals surface area contributed by atoms with Crippen LogP contribution in [-0.2, 0) is 10.0 Å². The minimum absolute atomic E-state index is 0.313. The third-order valence-electron chi connectivity index (χ3n) is 4.31. The molecular formula is C14H22N4O2S. The predicted octanol–water partition coefficient (Wildman–Crippen LogP) is -0.311. The van der Waals surface area contributed by atoms with Gasteiger partial charge in [0.2, 0.25) is 10.0 Å². The number of benzene rings is 1. The Kier molecular flexibility index (Phi) is 4.17. The van der Waals surface area contributed by atoms with Crippen LogP contribution in [0.4, 0.5) is 5.69 Å². The third kappa shape index (κ3) is 3.06. The number of nitrogens with zero attached hydrogens (tertiary/aromatic N) is 2. The number of piperazine rings is 1. The second-order valence-electron chi connectivity index (χ2n) is 5.55. The first-order valence-corrected chi connectivity index (χ1v) is 8.82. The second-order valence-corrected chi connectivity index (χ2v) is 7.43. The molecule has 0 bridgehead atoms. The zero-order valence-corrected chi connectivity index (χ0v) is 13.1. The summed E-state index contributed by atoms with van der Waals surface area (Å²) >= 11 is 0. The van der Waals surface area contributed by atoms with Gasteiger partial charge in [0, 0.05) is 51.0 Å². The molecule has 7 heteroatoms. The Hall–Kier alpha value is -1.15. The van der Waals surface area contributed by atoms with Gasteiger partial charge in [-0.05, 0) is 31.3 Å². The van der Waals surface area contributed by atoms with Crippen LogP contribution in [0, 0.1) is 0 Å². The lowest BCUT2D eigenvalue weighted by Crippen LogP contribution is -2.62. The average molecular weight is 310 g/mol.